The second-order valence-electron chi connectivity index (χ2n) is 6.22. The molecule has 3 heteroatoms. The van der Waals surface area contributed by atoms with Crippen molar-refractivity contribution in [3.63, 3.8) is 0 Å². The van der Waals surface area contributed by atoms with Gasteiger partial charge in [-0.1, -0.05) is 42.3 Å². The largest absolute Gasteiger partial charge is 0.371 e. The molecule has 1 aromatic carbocycles. The third kappa shape index (κ3) is 4.46. The molecule has 21 heavy (non-hydrogen) atoms. The highest BCUT2D eigenvalue weighted by Crippen LogP contribution is 2.31. The molecule has 0 radical (unpaired) electrons. The molecule has 2 nitrogen and oxygen atoms in total. The highest BCUT2D eigenvalue weighted by molar-refractivity contribution is 9.10. The van der Waals surface area contributed by atoms with Gasteiger partial charge in [0.1, 0.15) is 0 Å². The summed E-state index contributed by atoms with van der Waals surface area (Å²) in [5, 5.41) is 3.56. The number of hydrogen-bond donors (Lipinski definition) is 1. The van der Waals surface area contributed by atoms with Crippen molar-refractivity contribution in [1.82, 2.24) is 5.32 Å². The maximum atomic E-state index is 3.77. The highest BCUT2D eigenvalue weighted by atomic mass is 79.9. The molecular formula is C18H29BrN2. The Labute approximate surface area is 138 Å². The third-order valence-electron chi connectivity index (χ3n) is 4.71. The van der Waals surface area contributed by atoms with Crippen LogP contribution in [0.1, 0.15) is 58.1 Å². The lowest BCUT2D eigenvalue weighted by Crippen LogP contribution is -2.33. The lowest BCUT2D eigenvalue weighted by Gasteiger charge is -2.33. The van der Waals surface area contributed by atoms with Crippen molar-refractivity contribution >= 4 is 21.6 Å². The van der Waals surface area contributed by atoms with Crippen LogP contribution in [0.3, 0.4) is 0 Å². The zero-order valence-electron chi connectivity index (χ0n) is 13.7. The van der Waals surface area contributed by atoms with Crippen molar-refractivity contribution < 1.29 is 0 Å². The molecule has 0 aromatic heterocycles. The van der Waals surface area contributed by atoms with Gasteiger partial charge in [0.15, 0.2) is 0 Å². The van der Waals surface area contributed by atoms with Gasteiger partial charge in [0, 0.05) is 29.3 Å². The van der Waals surface area contributed by atoms with Crippen molar-refractivity contribution in [3.8, 4) is 0 Å². The maximum Gasteiger partial charge on any atom is 0.0377 e. The van der Waals surface area contributed by atoms with Gasteiger partial charge in [-0.3, -0.25) is 0 Å². The smallest absolute Gasteiger partial charge is 0.0377 e. The first kappa shape index (κ1) is 16.8. The normalized spacial score (nSPS) is 18.0. The number of anilines is 1. The molecule has 1 fully saturated rings. The fourth-order valence-electron chi connectivity index (χ4n) is 3.13. The summed E-state index contributed by atoms with van der Waals surface area (Å²) >= 11 is 3.77. The molecule has 1 saturated heterocycles. The minimum Gasteiger partial charge on any atom is -0.371 e. The van der Waals surface area contributed by atoms with Crippen molar-refractivity contribution in [2.45, 2.75) is 52.5 Å². The van der Waals surface area contributed by atoms with E-state index >= 15 is 0 Å². The number of benzene rings is 1. The Morgan fingerprint density at radius 3 is 2.57 bits per heavy atom. The quantitative estimate of drug-likeness (QED) is 0.762. The monoisotopic (exact) mass is 352 g/mol. The van der Waals surface area contributed by atoms with Crippen molar-refractivity contribution in [2.24, 2.45) is 5.92 Å². The van der Waals surface area contributed by atoms with Crippen LogP contribution in [-0.2, 0) is 0 Å². The van der Waals surface area contributed by atoms with E-state index in [2.05, 4.69) is 65.1 Å². The van der Waals surface area contributed by atoms with E-state index in [1.807, 2.05) is 0 Å². The molecule has 1 aromatic rings. The molecular weight excluding hydrogens is 324 g/mol. The predicted octanol–water partition coefficient (Wildman–Crippen LogP) is 5.14. The summed E-state index contributed by atoms with van der Waals surface area (Å²) in [6, 6.07) is 7.26. The Bertz CT molecular complexity index is 439. The SMILES string of the molecule is CCCNC(C)c1ccc(N2CCC(CC)CC2)cc1Br. The Kier molecular flexibility index (Phi) is 6.56. The van der Waals surface area contributed by atoms with Crippen molar-refractivity contribution in [1.29, 1.82) is 0 Å². The van der Waals surface area contributed by atoms with E-state index in [4.69, 9.17) is 0 Å². The average molecular weight is 353 g/mol. The number of nitrogens with zero attached hydrogens (tertiary/aromatic N) is 1. The number of nitrogens with one attached hydrogen (secondary N) is 1. The zero-order chi connectivity index (χ0) is 15.2. The van der Waals surface area contributed by atoms with Gasteiger partial charge in [0.25, 0.3) is 0 Å². The molecule has 1 aliphatic rings. The molecule has 1 heterocycles. The Balaban J connectivity index is 2.02. The minimum atomic E-state index is 0.402. The lowest BCUT2D eigenvalue weighted by molar-refractivity contribution is 0.395. The Morgan fingerprint density at radius 2 is 2.00 bits per heavy atom. The first-order valence-corrected chi connectivity index (χ1v) is 9.22. The highest BCUT2D eigenvalue weighted by Gasteiger charge is 2.19. The van der Waals surface area contributed by atoms with Gasteiger partial charge in [-0.25, -0.2) is 0 Å². The molecule has 0 amide bonds. The lowest BCUT2D eigenvalue weighted by atomic mass is 9.94. The van der Waals surface area contributed by atoms with Gasteiger partial charge < -0.3 is 10.2 Å². The molecule has 2 rings (SSSR count). The molecule has 0 spiro atoms. The summed E-state index contributed by atoms with van der Waals surface area (Å²) in [6.45, 7) is 10.2. The Hall–Kier alpha value is -0.540. The molecule has 0 bridgehead atoms. The molecule has 1 atom stereocenters. The van der Waals surface area contributed by atoms with Crippen LogP contribution >= 0.6 is 15.9 Å². The van der Waals surface area contributed by atoms with E-state index in [0.29, 0.717) is 6.04 Å². The number of halogens is 1. The number of hydrogen-bond acceptors (Lipinski definition) is 2. The zero-order valence-corrected chi connectivity index (χ0v) is 15.2. The van der Waals surface area contributed by atoms with Gasteiger partial charge in [-0.15, -0.1) is 0 Å². The van der Waals surface area contributed by atoms with Crippen LogP contribution in [0, 0.1) is 5.92 Å². The van der Waals surface area contributed by atoms with Crippen molar-refractivity contribution in [2.75, 3.05) is 24.5 Å². The fraction of sp³-hybridized carbons (Fsp3) is 0.667. The predicted molar refractivity (Wildman–Crippen MR) is 96.1 cm³/mol. The van der Waals surface area contributed by atoms with Gasteiger partial charge in [-0.2, -0.15) is 0 Å². The summed E-state index contributed by atoms with van der Waals surface area (Å²) < 4.78 is 1.23. The maximum absolute atomic E-state index is 3.77. The first-order chi connectivity index (χ1) is 10.2. The van der Waals surface area contributed by atoms with Gasteiger partial charge in [0.2, 0.25) is 0 Å². The van der Waals surface area contributed by atoms with E-state index in [9.17, 15) is 0 Å². The molecule has 0 aliphatic carbocycles. The Morgan fingerprint density at radius 1 is 1.29 bits per heavy atom. The van der Waals surface area contributed by atoms with Gasteiger partial charge >= 0.3 is 0 Å². The van der Waals surface area contributed by atoms with Crippen LogP contribution in [0.25, 0.3) is 0 Å². The van der Waals surface area contributed by atoms with Crippen LogP contribution in [-0.4, -0.2) is 19.6 Å². The van der Waals surface area contributed by atoms with E-state index < -0.39 is 0 Å². The number of piperidine rings is 1. The fourth-order valence-corrected chi connectivity index (χ4v) is 3.84. The molecule has 1 aliphatic heterocycles. The second-order valence-corrected chi connectivity index (χ2v) is 7.07. The molecule has 118 valence electrons. The first-order valence-electron chi connectivity index (χ1n) is 8.43. The summed E-state index contributed by atoms with van der Waals surface area (Å²) in [6.07, 6.45) is 5.18. The van der Waals surface area contributed by atoms with Gasteiger partial charge in [0.05, 0.1) is 0 Å². The summed E-state index contributed by atoms with van der Waals surface area (Å²) in [5.41, 5.74) is 2.72. The summed E-state index contributed by atoms with van der Waals surface area (Å²) in [5.74, 6) is 0.933. The minimum absolute atomic E-state index is 0.402. The van der Waals surface area contributed by atoms with E-state index in [1.165, 1.54) is 54.5 Å². The van der Waals surface area contributed by atoms with Crippen LogP contribution < -0.4 is 10.2 Å². The van der Waals surface area contributed by atoms with Crippen LogP contribution in [0.4, 0.5) is 5.69 Å². The van der Waals surface area contributed by atoms with Crippen LogP contribution in [0.5, 0.6) is 0 Å². The molecule has 0 saturated carbocycles. The standard InChI is InChI=1S/C18H29BrN2/c1-4-10-20-14(3)17-7-6-16(13-18(17)19)21-11-8-15(5-2)9-12-21/h6-7,13-15,20H,4-5,8-12H2,1-3H3. The third-order valence-corrected chi connectivity index (χ3v) is 5.39. The summed E-state index contributed by atoms with van der Waals surface area (Å²) in [7, 11) is 0. The van der Waals surface area contributed by atoms with E-state index in [1.54, 1.807) is 0 Å². The van der Waals surface area contributed by atoms with Crippen molar-refractivity contribution in [3.05, 3.63) is 28.2 Å². The molecule has 1 unspecified atom stereocenters. The second kappa shape index (κ2) is 8.19. The van der Waals surface area contributed by atoms with E-state index in [-0.39, 0.29) is 0 Å². The van der Waals surface area contributed by atoms with Crippen LogP contribution in [0.2, 0.25) is 0 Å². The van der Waals surface area contributed by atoms with Crippen LogP contribution in [0.15, 0.2) is 22.7 Å². The summed E-state index contributed by atoms with van der Waals surface area (Å²) in [4.78, 5) is 2.53. The molecule has 1 N–H and O–H groups in total. The number of rotatable bonds is 6. The average Bonchev–Trinajstić information content (AvgIpc) is 2.52. The van der Waals surface area contributed by atoms with Gasteiger partial charge in [-0.05, 0) is 56.3 Å². The van der Waals surface area contributed by atoms with E-state index in [0.717, 1.165) is 12.5 Å². The topological polar surface area (TPSA) is 15.3 Å².